The minimum atomic E-state index is -0.0613. The molecule has 0 radical (unpaired) electrons. The molecule has 6 heteroatoms. The lowest BCUT2D eigenvalue weighted by atomic mass is 10.1. The third kappa shape index (κ3) is 4.50. The fraction of sp³-hybridized carbons (Fsp3) is 0.357. The van der Waals surface area contributed by atoms with Crippen molar-refractivity contribution >= 4 is 34.3 Å². The zero-order valence-corrected chi connectivity index (χ0v) is 19.9. The Kier molecular flexibility index (Phi) is 6.24. The zero-order valence-electron chi connectivity index (χ0n) is 19.9. The summed E-state index contributed by atoms with van der Waals surface area (Å²) in [6.07, 6.45) is 6.95. The number of allylic oxidation sites excluding steroid dienone is 1. The van der Waals surface area contributed by atoms with Gasteiger partial charge in [0.05, 0.1) is 24.4 Å². The molecule has 2 heterocycles. The maximum absolute atomic E-state index is 13.3. The van der Waals surface area contributed by atoms with Gasteiger partial charge in [0.2, 0.25) is 0 Å². The van der Waals surface area contributed by atoms with Gasteiger partial charge < -0.3 is 19.1 Å². The first-order chi connectivity index (χ1) is 16.5. The Morgan fingerprint density at radius 1 is 1.09 bits per heavy atom. The fourth-order valence-electron chi connectivity index (χ4n) is 4.54. The highest BCUT2D eigenvalue weighted by molar-refractivity contribution is 6.07. The second-order valence-electron chi connectivity index (χ2n) is 9.10. The molecule has 0 unspecified atom stereocenters. The summed E-state index contributed by atoms with van der Waals surface area (Å²) in [5.74, 6) is 0.667. The molecule has 1 aromatic heterocycles. The van der Waals surface area contributed by atoms with Gasteiger partial charge in [0, 0.05) is 49.4 Å². The summed E-state index contributed by atoms with van der Waals surface area (Å²) in [5, 5.41) is 0.973. The number of fused-ring (bicyclic) bond motifs is 1. The lowest BCUT2D eigenvalue weighted by molar-refractivity contribution is 0.0993. The Labute approximate surface area is 200 Å². The number of amides is 1. The minimum absolute atomic E-state index is 0.00972. The Morgan fingerprint density at radius 3 is 2.50 bits per heavy atom. The number of hydrogen-bond acceptors (Lipinski definition) is 4. The van der Waals surface area contributed by atoms with Crippen LogP contribution < -0.4 is 15.4 Å². The highest BCUT2D eigenvalue weighted by Crippen LogP contribution is 2.31. The average molecular weight is 458 g/mol. The van der Waals surface area contributed by atoms with Gasteiger partial charge >= 0.3 is 0 Å². The van der Waals surface area contributed by atoms with Gasteiger partial charge in [-0.1, -0.05) is 24.3 Å². The van der Waals surface area contributed by atoms with Gasteiger partial charge in [-0.2, -0.15) is 0 Å². The number of aromatic nitrogens is 1. The molecule has 1 saturated heterocycles. The van der Waals surface area contributed by atoms with Crippen molar-refractivity contribution in [2.75, 3.05) is 43.2 Å². The number of anilines is 2. The third-order valence-corrected chi connectivity index (χ3v) is 6.77. The van der Waals surface area contributed by atoms with Crippen LogP contribution in [0.15, 0.2) is 59.4 Å². The Hall–Kier alpha value is -3.38. The van der Waals surface area contributed by atoms with Gasteiger partial charge in [-0.25, -0.2) is 0 Å². The SMILES string of the molecule is CCn1c(=O)cc(N2CCOCC2)c2cc(N(C)C(=O)c3ccc(/C=C/C4CC4)cc3)ccc21. The number of aryl methyl sites for hydroxylation is 1. The number of nitrogens with zero attached hydrogens (tertiary/aromatic N) is 3. The van der Waals surface area contributed by atoms with E-state index in [9.17, 15) is 9.59 Å². The van der Waals surface area contributed by atoms with Crippen molar-refractivity contribution in [2.45, 2.75) is 26.3 Å². The molecule has 5 rings (SSSR count). The van der Waals surface area contributed by atoms with Crippen molar-refractivity contribution in [1.29, 1.82) is 0 Å². The number of pyridine rings is 1. The van der Waals surface area contributed by atoms with Crippen LogP contribution in [0.5, 0.6) is 0 Å². The lowest BCUT2D eigenvalue weighted by Gasteiger charge is -2.30. The summed E-state index contributed by atoms with van der Waals surface area (Å²) in [6, 6.07) is 15.4. The molecule has 0 spiro atoms. The van der Waals surface area contributed by atoms with Crippen LogP contribution in [0, 0.1) is 5.92 Å². The van der Waals surface area contributed by atoms with E-state index in [4.69, 9.17) is 4.74 Å². The number of ether oxygens (including phenoxy) is 1. The predicted molar refractivity (Wildman–Crippen MR) is 138 cm³/mol. The van der Waals surface area contributed by atoms with E-state index in [2.05, 4.69) is 17.1 Å². The Balaban J connectivity index is 1.47. The molecule has 0 atom stereocenters. The minimum Gasteiger partial charge on any atom is -0.378 e. The van der Waals surface area contributed by atoms with Crippen molar-refractivity contribution < 1.29 is 9.53 Å². The van der Waals surface area contributed by atoms with Crippen molar-refractivity contribution in [2.24, 2.45) is 5.92 Å². The van der Waals surface area contributed by atoms with Gasteiger partial charge in [-0.3, -0.25) is 9.59 Å². The normalized spacial score (nSPS) is 16.4. The van der Waals surface area contributed by atoms with Crippen molar-refractivity contribution in [3.8, 4) is 0 Å². The first-order valence-electron chi connectivity index (χ1n) is 12.1. The van der Waals surface area contributed by atoms with Crippen LogP contribution in [0.2, 0.25) is 0 Å². The van der Waals surface area contributed by atoms with Crippen LogP contribution in [0.25, 0.3) is 17.0 Å². The maximum Gasteiger partial charge on any atom is 0.258 e. The number of carbonyl (C=O) groups is 1. The molecule has 2 aliphatic rings. The van der Waals surface area contributed by atoms with Crippen LogP contribution in [-0.4, -0.2) is 43.8 Å². The number of rotatable bonds is 6. The topological polar surface area (TPSA) is 54.8 Å². The first-order valence-corrected chi connectivity index (χ1v) is 12.1. The maximum atomic E-state index is 13.3. The number of benzene rings is 2. The average Bonchev–Trinajstić information content (AvgIpc) is 3.71. The molecule has 2 aromatic carbocycles. The van der Waals surface area contributed by atoms with E-state index in [1.165, 1.54) is 12.8 Å². The van der Waals surface area contributed by atoms with Gasteiger partial charge in [0.15, 0.2) is 0 Å². The second-order valence-corrected chi connectivity index (χ2v) is 9.10. The zero-order chi connectivity index (χ0) is 23.7. The fourth-order valence-corrected chi connectivity index (χ4v) is 4.54. The summed E-state index contributed by atoms with van der Waals surface area (Å²) in [4.78, 5) is 29.9. The molecule has 3 aromatic rings. The summed E-state index contributed by atoms with van der Waals surface area (Å²) >= 11 is 0. The smallest absolute Gasteiger partial charge is 0.258 e. The molecule has 176 valence electrons. The molecular weight excluding hydrogens is 426 g/mol. The Bertz CT molecular complexity index is 1280. The van der Waals surface area contributed by atoms with E-state index in [1.54, 1.807) is 22.6 Å². The standard InChI is InChI=1S/C28H31N3O3/c1-3-31-25-13-12-23(18-24(25)26(19-27(31)32)30-14-16-34-17-15-30)29(2)28(33)22-10-8-21(9-11-22)7-6-20-4-5-20/h6-13,18-20H,3-5,14-17H2,1-2H3/b7-6+. The molecule has 2 fully saturated rings. The lowest BCUT2D eigenvalue weighted by Crippen LogP contribution is -2.37. The van der Waals surface area contributed by atoms with E-state index in [-0.39, 0.29) is 11.5 Å². The van der Waals surface area contributed by atoms with Crippen LogP contribution in [0.4, 0.5) is 11.4 Å². The van der Waals surface area contributed by atoms with Gasteiger partial charge in [0.1, 0.15) is 0 Å². The number of carbonyl (C=O) groups excluding carboxylic acids is 1. The van der Waals surface area contributed by atoms with Crippen LogP contribution in [0.1, 0.15) is 35.7 Å². The predicted octanol–water partition coefficient (Wildman–Crippen LogP) is 4.56. The number of morpholine rings is 1. The summed E-state index contributed by atoms with van der Waals surface area (Å²) in [5.41, 5.74) is 4.34. The summed E-state index contributed by atoms with van der Waals surface area (Å²) in [6.45, 7) is 5.33. The van der Waals surface area contributed by atoms with E-state index < -0.39 is 0 Å². The van der Waals surface area contributed by atoms with Crippen molar-refractivity contribution in [3.63, 3.8) is 0 Å². The molecule has 6 nitrogen and oxygen atoms in total. The van der Waals surface area contributed by atoms with E-state index >= 15 is 0 Å². The van der Waals surface area contributed by atoms with Crippen molar-refractivity contribution in [1.82, 2.24) is 4.57 Å². The molecule has 0 bridgehead atoms. The molecule has 0 N–H and O–H groups in total. The van der Waals surface area contributed by atoms with Crippen LogP contribution >= 0.6 is 0 Å². The quantitative estimate of drug-likeness (QED) is 0.545. The summed E-state index contributed by atoms with van der Waals surface area (Å²) in [7, 11) is 1.80. The first kappa shape index (κ1) is 22.4. The van der Waals surface area contributed by atoms with E-state index in [0.29, 0.717) is 25.3 Å². The highest BCUT2D eigenvalue weighted by atomic mass is 16.5. The van der Waals surface area contributed by atoms with E-state index in [0.717, 1.165) is 46.8 Å². The molecule has 1 saturated carbocycles. The molecule has 1 amide bonds. The molecule has 1 aliphatic heterocycles. The van der Waals surface area contributed by atoms with Crippen molar-refractivity contribution in [3.05, 3.63) is 76.1 Å². The third-order valence-electron chi connectivity index (χ3n) is 6.77. The van der Waals surface area contributed by atoms with Crippen LogP contribution in [-0.2, 0) is 11.3 Å². The van der Waals surface area contributed by atoms with Crippen LogP contribution in [0.3, 0.4) is 0 Å². The second kappa shape index (κ2) is 9.47. The largest absolute Gasteiger partial charge is 0.378 e. The number of hydrogen-bond donors (Lipinski definition) is 0. The van der Waals surface area contributed by atoms with Gasteiger partial charge in [-0.15, -0.1) is 0 Å². The monoisotopic (exact) mass is 457 g/mol. The molecular formula is C28H31N3O3. The van der Waals surface area contributed by atoms with E-state index in [1.807, 2.05) is 49.4 Å². The van der Waals surface area contributed by atoms with Gasteiger partial charge in [-0.05, 0) is 61.6 Å². The highest BCUT2D eigenvalue weighted by Gasteiger charge is 2.20. The Morgan fingerprint density at radius 2 is 1.82 bits per heavy atom. The molecule has 34 heavy (non-hydrogen) atoms. The van der Waals surface area contributed by atoms with Gasteiger partial charge in [0.25, 0.3) is 11.5 Å². The molecule has 1 aliphatic carbocycles. The summed E-state index contributed by atoms with van der Waals surface area (Å²) < 4.78 is 7.28.